The summed E-state index contributed by atoms with van der Waals surface area (Å²) < 4.78 is 2.53. The van der Waals surface area contributed by atoms with Crippen LogP contribution in [0.5, 0.6) is 0 Å². The van der Waals surface area contributed by atoms with Gasteiger partial charge in [0.2, 0.25) is 0 Å². The van der Waals surface area contributed by atoms with E-state index in [-0.39, 0.29) is 6.17 Å². The Kier molecular flexibility index (Phi) is 5.90. The summed E-state index contributed by atoms with van der Waals surface area (Å²) in [5.74, 6) is 0. The molecule has 2 heterocycles. The summed E-state index contributed by atoms with van der Waals surface area (Å²) in [7, 11) is 3.31. The molecule has 34 heavy (non-hydrogen) atoms. The Hall–Kier alpha value is -3.18. The van der Waals surface area contributed by atoms with Gasteiger partial charge in [-0.05, 0) is 70.3 Å². The summed E-state index contributed by atoms with van der Waals surface area (Å²) in [5, 5.41) is 2.82. The minimum atomic E-state index is -1.21. The van der Waals surface area contributed by atoms with Gasteiger partial charge >= 0.3 is 0 Å². The van der Waals surface area contributed by atoms with E-state index in [1.807, 2.05) is 0 Å². The normalized spacial score (nSPS) is 17.8. The highest BCUT2D eigenvalue weighted by Gasteiger charge is 2.41. The van der Waals surface area contributed by atoms with Crippen molar-refractivity contribution in [1.82, 2.24) is 0 Å². The number of para-hydroxylation sites is 4. The van der Waals surface area contributed by atoms with E-state index < -0.39 is 8.96 Å². The lowest BCUT2D eigenvalue weighted by molar-refractivity contribution is 0.570. The maximum atomic E-state index is 2.58. The third kappa shape index (κ3) is 3.59. The zero-order valence-electron chi connectivity index (χ0n) is 21.1. The first-order chi connectivity index (χ1) is 16.4. The van der Waals surface area contributed by atoms with Crippen LogP contribution in [0.1, 0.15) is 27.7 Å². The molecule has 1 radical (unpaired) electrons. The first-order valence-electron chi connectivity index (χ1n) is 12.3. The second-order valence-electron chi connectivity index (χ2n) is 9.78. The second-order valence-corrected chi connectivity index (χ2v) is 12.2. The van der Waals surface area contributed by atoms with Crippen molar-refractivity contribution in [2.75, 3.05) is 33.4 Å². The van der Waals surface area contributed by atoms with Crippen molar-refractivity contribution in [3.63, 3.8) is 0 Å². The molecule has 0 bridgehead atoms. The van der Waals surface area contributed by atoms with Crippen molar-refractivity contribution < 1.29 is 0 Å². The summed E-state index contributed by atoms with van der Waals surface area (Å²) in [5.41, 5.74) is 5.22. The summed E-state index contributed by atoms with van der Waals surface area (Å²) in [6, 6.07) is 29.5. The summed E-state index contributed by atoms with van der Waals surface area (Å²) in [6.07, 6.45) is 2.71. The molecule has 0 saturated heterocycles. The van der Waals surface area contributed by atoms with Gasteiger partial charge in [0.1, 0.15) is 6.17 Å². The molecule has 0 unspecified atom stereocenters. The molecule has 5 heteroatoms. The van der Waals surface area contributed by atoms with Crippen LogP contribution in [0.15, 0.2) is 90.3 Å². The fraction of sp³-hybridized carbons (Fsp3) is 0.310. The van der Waals surface area contributed by atoms with E-state index in [0.717, 1.165) is 0 Å². The minimum absolute atomic E-state index is 0.164. The lowest BCUT2D eigenvalue weighted by atomic mass is 10.2. The first kappa shape index (κ1) is 22.6. The average molecular weight is 468 g/mol. The third-order valence-corrected chi connectivity index (χ3v) is 9.80. The number of anilines is 4. The molecule has 4 nitrogen and oxygen atoms in total. The quantitative estimate of drug-likeness (QED) is 0.479. The number of rotatable bonds is 4. The number of benzene rings is 3. The van der Waals surface area contributed by atoms with Crippen LogP contribution in [0.2, 0.25) is 0 Å². The van der Waals surface area contributed by atoms with Crippen LogP contribution in [-0.4, -0.2) is 41.3 Å². The largest absolute Gasteiger partial charge is 0.390 e. The molecule has 0 N–H and O–H groups in total. The Balaban J connectivity index is 1.71. The van der Waals surface area contributed by atoms with Gasteiger partial charge in [0.05, 0.1) is 22.7 Å². The SMILES string of the molecule is CC(C)N1c2ccccc2N(C(C)C)C1/C=C1\N(C)c2ccccc2N(C)[Si]1c1ccccc1. The van der Waals surface area contributed by atoms with Crippen molar-refractivity contribution >= 4 is 36.9 Å². The lowest BCUT2D eigenvalue weighted by Crippen LogP contribution is -2.56. The van der Waals surface area contributed by atoms with Gasteiger partial charge in [-0.3, -0.25) is 0 Å². The monoisotopic (exact) mass is 467 g/mol. The molecule has 175 valence electrons. The van der Waals surface area contributed by atoms with Gasteiger partial charge in [-0.15, -0.1) is 0 Å². The number of hydrogen-bond donors (Lipinski definition) is 0. The maximum Gasteiger partial charge on any atom is 0.259 e. The zero-order chi connectivity index (χ0) is 24.0. The van der Waals surface area contributed by atoms with Crippen molar-refractivity contribution in [1.29, 1.82) is 0 Å². The van der Waals surface area contributed by atoms with Crippen LogP contribution in [-0.2, 0) is 0 Å². The molecule has 2 aliphatic rings. The summed E-state index contributed by atoms with van der Waals surface area (Å²) >= 11 is 0. The van der Waals surface area contributed by atoms with Gasteiger partial charge in [0.15, 0.2) is 0 Å². The highest BCUT2D eigenvalue weighted by atomic mass is 28.3. The summed E-state index contributed by atoms with van der Waals surface area (Å²) in [4.78, 5) is 7.61. The van der Waals surface area contributed by atoms with Gasteiger partial charge in [-0.25, -0.2) is 0 Å². The van der Waals surface area contributed by atoms with Crippen molar-refractivity contribution in [2.45, 2.75) is 45.9 Å². The highest BCUT2D eigenvalue weighted by molar-refractivity contribution is 6.84. The van der Waals surface area contributed by atoms with Crippen molar-refractivity contribution in [3.8, 4) is 0 Å². The molecule has 0 saturated carbocycles. The fourth-order valence-electron chi connectivity index (χ4n) is 5.53. The maximum absolute atomic E-state index is 2.58. The van der Waals surface area contributed by atoms with Crippen molar-refractivity contribution in [3.05, 3.63) is 90.3 Å². The minimum Gasteiger partial charge on any atom is -0.390 e. The van der Waals surface area contributed by atoms with Crippen LogP contribution < -0.4 is 24.5 Å². The molecule has 0 fully saturated rings. The average Bonchev–Trinajstić information content (AvgIpc) is 3.17. The molecule has 0 aliphatic carbocycles. The molecular weight excluding hydrogens is 432 g/mol. The highest BCUT2D eigenvalue weighted by Crippen LogP contribution is 2.44. The van der Waals surface area contributed by atoms with E-state index in [2.05, 4.69) is 146 Å². The van der Waals surface area contributed by atoms with E-state index >= 15 is 0 Å². The standard InChI is InChI=1S/C29H35N4Si/c1-21(2)32-26-18-12-13-19-27(26)33(22(3)4)28(32)20-29-30(5)24-16-10-11-17-25(24)31(6)34(29)23-14-8-7-9-15-23/h7-22,28H,1-6H3/b29-20+. The smallest absolute Gasteiger partial charge is 0.259 e. The molecule has 0 aromatic heterocycles. The van der Waals surface area contributed by atoms with E-state index in [9.17, 15) is 0 Å². The Morgan fingerprint density at radius 1 is 0.647 bits per heavy atom. The van der Waals surface area contributed by atoms with E-state index in [4.69, 9.17) is 0 Å². The lowest BCUT2D eigenvalue weighted by Gasteiger charge is -2.44. The van der Waals surface area contributed by atoms with Crippen LogP contribution >= 0.6 is 0 Å². The second kappa shape index (κ2) is 8.88. The predicted molar refractivity (Wildman–Crippen MR) is 149 cm³/mol. The van der Waals surface area contributed by atoms with Gasteiger partial charge in [0, 0.05) is 24.5 Å². The van der Waals surface area contributed by atoms with E-state index in [0.29, 0.717) is 12.1 Å². The van der Waals surface area contributed by atoms with Gasteiger partial charge in [-0.1, -0.05) is 54.6 Å². The van der Waals surface area contributed by atoms with Crippen LogP contribution in [0, 0.1) is 0 Å². The molecule has 3 aromatic rings. The molecule has 0 amide bonds. The van der Waals surface area contributed by atoms with Crippen molar-refractivity contribution in [2.24, 2.45) is 0 Å². The predicted octanol–water partition coefficient (Wildman–Crippen LogP) is 5.36. The van der Waals surface area contributed by atoms with Gasteiger partial charge in [-0.2, -0.15) is 0 Å². The first-order valence-corrected chi connectivity index (χ1v) is 13.7. The number of nitrogens with zero attached hydrogens (tertiary/aromatic N) is 4. The van der Waals surface area contributed by atoms with E-state index in [1.165, 1.54) is 33.3 Å². The van der Waals surface area contributed by atoms with Crippen LogP contribution in [0.3, 0.4) is 0 Å². The molecule has 5 rings (SSSR count). The van der Waals surface area contributed by atoms with Gasteiger partial charge < -0.3 is 19.3 Å². The van der Waals surface area contributed by atoms with E-state index in [1.54, 1.807) is 0 Å². The zero-order valence-corrected chi connectivity index (χ0v) is 22.1. The van der Waals surface area contributed by atoms with Crippen LogP contribution in [0.25, 0.3) is 0 Å². The topological polar surface area (TPSA) is 13.0 Å². The Morgan fingerprint density at radius 3 is 1.65 bits per heavy atom. The Morgan fingerprint density at radius 2 is 1.12 bits per heavy atom. The molecule has 3 aromatic carbocycles. The molecule has 2 aliphatic heterocycles. The third-order valence-electron chi connectivity index (χ3n) is 7.02. The fourth-order valence-corrected chi connectivity index (χ4v) is 8.24. The molecular formula is C29H35N4Si. The van der Waals surface area contributed by atoms with Crippen LogP contribution in [0.4, 0.5) is 22.7 Å². The Labute approximate surface area is 206 Å². The number of fused-ring (bicyclic) bond motifs is 2. The number of hydrogen-bond acceptors (Lipinski definition) is 4. The molecule has 0 spiro atoms. The van der Waals surface area contributed by atoms with Gasteiger partial charge in [0.25, 0.3) is 8.96 Å². The molecule has 0 atom stereocenters. The Bertz CT molecular complexity index is 1150. The summed E-state index contributed by atoms with van der Waals surface area (Å²) in [6.45, 7) is 9.23.